The van der Waals surface area contributed by atoms with Crippen LogP contribution in [0.1, 0.15) is 12.8 Å². The number of imidazole rings is 1. The number of rotatable bonds is 5. The van der Waals surface area contributed by atoms with Gasteiger partial charge in [-0.15, -0.1) is 0 Å². The zero-order valence-corrected chi connectivity index (χ0v) is 13.5. The number of hydrogen-bond donors (Lipinski definition) is 2. The monoisotopic (exact) mass is 318 g/mol. The summed E-state index contributed by atoms with van der Waals surface area (Å²) in [5.41, 5.74) is 1.49. The molecule has 1 unspecified atom stereocenters. The van der Waals surface area contributed by atoms with Gasteiger partial charge in [0.1, 0.15) is 11.8 Å². The van der Waals surface area contributed by atoms with E-state index in [0.29, 0.717) is 18.3 Å². The normalized spacial score (nSPS) is 17.1. The molecule has 8 heteroatoms. The Morgan fingerprint density at radius 2 is 2.17 bits per heavy atom. The lowest BCUT2D eigenvalue weighted by Crippen LogP contribution is -2.39. The molecule has 0 spiro atoms. The van der Waals surface area contributed by atoms with Crippen molar-refractivity contribution in [1.29, 1.82) is 0 Å². The van der Waals surface area contributed by atoms with Crippen molar-refractivity contribution >= 4 is 22.9 Å². The second-order valence-corrected chi connectivity index (χ2v) is 5.80. The van der Waals surface area contributed by atoms with Gasteiger partial charge in [0.2, 0.25) is 5.91 Å². The predicted octanol–water partition coefficient (Wildman–Crippen LogP) is 0.564. The van der Waals surface area contributed by atoms with Gasteiger partial charge in [0.25, 0.3) is 0 Å². The molecular weight excluding hydrogens is 296 g/mol. The summed E-state index contributed by atoms with van der Waals surface area (Å²) in [6, 6.07) is 0. The van der Waals surface area contributed by atoms with Gasteiger partial charge in [-0.2, -0.15) is 0 Å². The van der Waals surface area contributed by atoms with Gasteiger partial charge in [-0.1, -0.05) is 0 Å². The first-order valence-corrected chi connectivity index (χ1v) is 7.86. The number of ether oxygens (including phenoxy) is 1. The van der Waals surface area contributed by atoms with Gasteiger partial charge in [0.05, 0.1) is 12.2 Å². The summed E-state index contributed by atoms with van der Waals surface area (Å²) in [4.78, 5) is 25.1. The van der Waals surface area contributed by atoms with Crippen molar-refractivity contribution in [2.45, 2.75) is 12.8 Å². The van der Waals surface area contributed by atoms with Crippen molar-refractivity contribution in [3.63, 3.8) is 0 Å². The zero-order chi connectivity index (χ0) is 16.2. The summed E-state index contributed by atoms with van der Waals surface area (Å²) >= 11 is 0. The molecule has 0 aromatic carbocycles. The average molecular weight is 318 g/mol. The number of carbonyl (C=O) groups excluding carboxylic acids is 1. The molecule has 0 aliphatic carbocycles. The highest BCUT2D eigenvalue weighted by Gasteiger charge is 2.29. The quantitative estimate of drug-likeness (QED) is 0.837. The lowest BCUT2D eigenvalue weighted by Gasteiger charge is -2.29. The minimum atomic E-state index is -0.113. The number of amides is 1. The van der Waals surface area contributed by atoms with Crippen LogP contribution < -0.4 is 10.6 Å². The molecular formula is C15H22N6O2. The van der Waals surface area contributed by atoms with Crippen LogP contribution in [0.2, 0.25) is 0 Å². The van der Waals surface area contributed by atoms with Crippen molar-refractivity contribution < 1.29 is 9.53 Å². The third kappa shape index (κ3) is 3.26. The summed E-state index contributed by atoms with van der Waals surface area (Å²) < 4.78 is 7.25. The molecule has 0 bridgehead atoms. The smallest absolute Gasteiger partial charge is 0.224 e. The molecule has 3 heterocycles. The molecule has 23 heavy (non-hydrogen) atoms. The molecule has 0 radical (unpaired) electrons. The van der Waals surface area contributed by atoms with E-state index in [-0.39, 0.29) is 11.8 Å². The molecule has 3 rings (SSSR count). The number of aryl methyl sites for hydroxylation is 1. The standard InChI is InChI=1S/C15H22N6O2/c1-16-15(22)11(10-3-5-23-6-4-10)7-17-13-12-14(19-8-18-13)21(2)9-20-12/h8-11H,3-7H2,1-2H3,(H,16,22)(H,17,18,19). The number of fused-ring (bicyclic) bond motifs is 1. The highest BCUT2D eigenvalue weighted by molar-refractivity contribution is 5.83. The summed E-state index contributed by atoms with van der Waals surface area (Å²) in [6.45, 7) is 1.96. The number of carbonyl (C=O) groups is 1. The molecule has 0 saturated carbocycles. The second-order valence-electron chi connectivity index (χ2n) is 5.80. The van der Waals surface area contributed by atoms with Crippen LogP contribution in [0, 0.1) is 11.8 Å². The van der Waals surface area contributed by atoms with Crippen LogP contribution >= 0.6 is 0 Å². The van der Waals surface area contributed by atoms with E-state index in [1.54, 1.807) is 13.4 Å². The minimum Gasteiger partial charge on any atom is -0.381 e. The summed E-state index contributed by atoms with van der Waals surface area (Å²) in [5, 5.41) is 6.05. The van der Waals surface area contributed by atoms with Gasteiger partial charge in [-0.3, -0.25) is 4.79 Å². The molecule has 1 atom stereocenters. The van der Waals surface area contributed by atoms with Crippen molar-refractivity contribution in [3.8, 4) is 0 Å². The molecule has 2 aromatic rings. The zero-order valence-electron chi connectivity index (χ0n) is 13.5. The van der Waals surface area contributed by atoms with Gasteiger partial charge >= 0.3 is 0 Å². The van der Waals surface area contributed by atoms with Crippen LogP contribution in [0.15, 0.2) is 12.7 Å². The van der Waals surface area contributed by atoms with E-state index in [1.165, 1.54) is 6.33 Å². The Kier molecular flexibility index (Phi) is 4.71. The number of nitrogens with zero attached hydrogens (tertiary/aromatic N) is 4. The molecule has 1 saturated heterocycles. The van der Waals surface area contributed by atoms with Crippen LogP contribution in [-0.4, -0.2) is 52.2 Å². The first kappa shape index (κ1) is 15.7. The van der Waals surface area contributed by atoms with E-state index in [9.17, 15) is 4.79 Å². The molecule has 2 N–H and O–H groups in total. The topological polar surface area (TPSA) is 94.0 Å². The van der Waals surface area contributed by atoms with Crippen molar-refractivity contribution in [2.24, 2.45) is 18.9 Å². The largest absolute Gasteiger partial charge is 0.381 e. The SMILES string of the molecule is CNC(=O)C(CNc1ncnc2c1ncn2C)C1CCOCC1. The average Bonchev–Trinajstić information content (AvgIpc) is 2.98. The van der Waals surface area contributed by atoms with E-state index < -0.39 is 0 Å². The van der Waals surface area contributed by atoms with Crippen LogP contribution in [-0.2, 0) is 16.6 Å². The highest BCUT2D eigenvalue weighted by atomic mass is 16.5. The first-order chi connectivity index (χ1) is 11.2. The van der Waals surface area contributed by atoms with Gasteiger partial charge in [0, 0.05) is 33.9 Å². The fourth-order valence-electron chi connectivity index (χ4n) is 3.06. The van der Waals surface area contributed by atoms with E-state index in [0.717, 1.165) is 37.2 Å². The number of anilines is 1. The van der Waals surface area contributed by atoms with E-state index >= 15 is 0 Å². The second kappa shape index (κ2) is 6.91. The maximum Gasteiger partial charge on any atom is 0.224 e. The van der Waals surface area contributed by atoms with E-state index in [1.807, 2.05) is 11.6 Å². The molecule has 1 fully saturated rings. The molecule has 1 aliphatic rings. The van der Waals surface area contributed by atoms with Gasteiger partial charge in [-0.25, -0.2) is 15.0 Å². The lowest BCUT2D eigenvalue weighted by atomic mass is 9.85. The van der Waals surface area contributed by atoms with Gasteiger partial charge in [-0.05, 0) is 18.8 Å². The molecule has 2 aromatic heterocycles. The Balaban J connectivity index is 1.76. The van der Waals surface area contributed by atoms with E-state index in [4.69, 9.17) is 4.74 Å². The highest BCUT2D eigenvalue weighted by Crippen LogP contribution is 2.25. The van der Waals surface area contributed by atoms with Crippen molar-refractivity contribution in [3.05, 3.63) is 12.7 Å². The fraction of sp³-hybridized carbons (Fsp3) is 0.600. The lowest BCUT2D eigenvalue weighted by molar-refractivity contribution is -0.126. The molecule has 1 aliphatic heterocycles. The number of aromatic nitrogens is 4. The Bertz CT molecular complexity index is 680. The third-order valence-corrected chi connectivity index (χ3v) is 4.40. The summed E-state index contributed by atoms with van der Waals surface area (Å²) in [6.07, 6.45) is 5.03. The Hall–Kier alpha value is -2.22. The third-order valence-electron chi connectivity index (χ3n) is 4.40. The Morgan fingerprint density at radius 1 is 1.39 bits per heavy atom. The molecule has 1 amide bonds. The summed E-state index contributed by atoms with van der Waals surface area (Å²) in [7, 11) is 3.57. The Morgan fingerprint density at radius 3 is 2.91 bits per heavy atom. The van der Waals surface area contributed by atoms with Gasteiger partial charge < -0.3 is 19.9 Å². The van der Waals surface area contributed by atoms with Crippen LogP contribution in [0.25, 0.3) is 11.2 Å². The molecule has 8 nitrogen and oxygen atoms in total. The predicted molar refractivity (Wildman–Crippen MR) is 85.9 cm³/mol. The van der Waals surface area contributed by atoms with Crippen molar-refractivity contribution in [2.75, 3.05) is 32.1 Å². The van der Waals surface area contributed by atoms with Crippen LogP contribution in [0.5, 0.6) is 0 Å². The Labute approximate surface area is 134 Å². The van der Waals surface area contributed by atoms with E-state index in [2.05, 4.69) is 25.6 Å². The van der Waals surface area contributed by atoms with Crippen LogP contribution in [0.4, 0.5) is 5.82 Å². The number of nitrogens with one attached hydrogen (secondary N) is 2. The first-order valence-electron chi connectivity index (χ1n) is 7.86. The van der Waals surface area contributed by atoms with Crippen molar-refractivity contribution in [1.82, 2.24) is 24.8 Å². The van der Waals surface area contributed by atoms with Gasteiger partial charge in [0.15, 0.2) is 11.5 Å². The number of hydrogen-bond acceptors (Lipinski definition) is 6. The summed E-state index contributed by atoms with van der Waals surface area (Å²) in [5.74, 6) is 0.919. The fourth-order valence-corrected chi connectivity index (χ4v) is 3.06. The van der Waals surface area contributed by atoms with Crippen LogP contribution in [0.3, 0.4) is 0 Å². The molecule has 124 valence electrons. The maximum absolute atomic E-state index is 12.3. The maximum atomic E-state index is 12.3. The minimum absolute atomic E-state index is 0.0516.